The third kappa shape index (κ3) is 50.8. The average Bonchev–Trinajstić information content (AvgIpc) is 0.776. The normalized spacial score (nSPS) is 11.7. The standard InChI is InChI=1S/C42H64N2.2C26H53.Ni/c1-9-17-19-21-25-36(31-44-43)41(26-20-18-10-2)42(37-27-32(14-6)39(16-8)33(15-7)28-37)38-29-34(22-11-3)40(24-13-5)35(30-38)23-12-4;2*1-3-5-7-9-11-13-15-17-19-21-23-25-26-24-22-20-18-16-14-12-10-8-6-4-2;/h27-30H,9-26H2,1-8H3;2*1,3-26H2,2H3;. The van der Waals surface area contributed by atoms with E-state index in [9.17, 15) is 5.53 Å². The van der Waals surface area contributed by atoms with Crippen molar-refractivity contribution >= 4 is 11.4 Å². The number of nitrogens with zero attached hydrogens (tertiary/aromatic N) is 2. The molecule has 0 saturated carbocycles. The molecular formula is C94H170N2Ni. The number of hydrogen-bond acceptors (Lipinski definition) is 0. The summed E-state index contributed by atoms with van der Waals surface area (Å²) >= 11 is 2.05. The molecule has 0 radical (unpaired) electrons. The second-order valence-electron chi connectivity index (χ2n) is 30.4. The Morgan fingerprint density at radius 2 is 0.536 bits per heavy atom. The predicted octanol–water partition coefficient (Wildman–Crippen LogP) is 33.1. The van der Waals surface area contributed by atoms with Crippen molar-refractivity contribution in [2.24, 2.45) is 0 Å². The Morgan fingerprint density at radius 1 is 0.278 bits per heavy atom. The summed E-state index contributed by atoms with van der Waals surface area (Å²) in [5.41, 5.74) is 25.5. The quantitative estimate of drug-likeness (QED) is 0.0158. The van der Waals surface area contributed by atoms with E-state index in [4.69, 9.17) is 0 Å². The van der Waals surface area contributed by atoms with Gasteiger partial charge in [0.15, 0.2) is 0 Å². The number of allylic oxidation sites excluding steroid dienone is 2. The monoisotopic (exact) mass is 1390 g/mol. The number of rotatable bonds is 71. The molecule has 3 heteroatoms. The molecule has 0 bridgehead atoms. The first-order valence-corrected chi connectivity index (χ1v) is 45.7. The second kappa shape index (κ2) is 72.2. The Balaban J connectivity index is 0.000000985. The summed E-state index contributed by atoms with van der Waals surface area (Å²) < 4.78 is 0. The zero-order valence-electron chi connectivity index (χ0n) is 67.6. The van der Waals surface area contributed by atoms with Crippen molar-refractivity contribution in [2.75, 3.05) is 0 Å². The zero-order valence-corrected chi connectivity index (χ0v) is 68.6. The Hall–Kier alpha value is -2.17. The molecule has 2 rings (SSSR count). The van der Waals surface area contributed by atoms with E-state index in [1.165, 1.54) is 408 Å². The molecule has 0 fully saturated rings. The number of aryl methyl sites for hydroxylation is 4. The van der Waals surface area contributed by atoms with Gasteiger partial charge in [-0.15, -0.1) is 4.79 Å². The van der Waals surface area contributed by atoms with Crippen molar-refractivity contribution < 1.29 is 19.2 Å². The Morgan fingerprint density at radius 3 is 0.804 bits per heavy atom. The third-order valence-electron chi connectivity index (χ3n) is 21.4. The van der Waals surface area contributed by atoms with Crippen LogP contribution in [0.2, 0.25) is 10.8 Å². The van der Waals surface area contributed by atoms with Gasteiger partial charge in [0.2, 0.25) is 0 Å². The molecule has 2 aromatic rings. The Bertz CT molecular complexity index is 2050. The summed E-state index contributed by atoms with van der Waals surface area (Å²) in [6.45, 7) is 23.0. The zero-order chi connectivity index (χ0) is 70.4. The van der Waals surface area contributed by atoms with Crippen LogP contribution in [0, 0.1) is 0 Å². The molecule has 97 heavy (non-hydrogen) atoms. The molecule has 566 valence electrons. The summed E-state index contributed by atoms with van der Waals surface area (Å²) in [5.74, 6) is 3.14. The van der Waals surface area contributed by atoms with Crippen molar-refractivity contribution in [3.8, 4) is 0 Å². The van der Waals surface area contributed by atoms with Crippen LogP contribution in [0.1, 0.15) is 499 Å². The van der Waals surface area contributed by atoms with Crippen LogP contribution in [0.5, 0.6) is 0 Å². The number of unbranched alkanes of at least 4 members (excludes halogenated alkanes) is 51. The molecule has 0 amide bonds. The van der Waals surface area contributed by atoms with Crippen molar-refractivity contribution in [1.82, 2.24) is 0 Å². The van der Waals surface area contributed by atoms with E-state index in [1.54, 1.807) is 5.56 Å². The van der Waals surface area contributed by atoms with Crippen LogP contribution in [0.3, 0.4) is 0 Å². The summed E-state index contributed by atoms with van der Waals surface area (Å²) in [6, 6.07) is 10.1. The molecule has 0 atom stereocenters. The molecule has 0 heterocycles. The first-order chi connectivity index (χ1) is 47.9. The molecule has 0 aliphatic carbocycles. The fourth-order valence-corrected chi connectivity index (χ4v) is 16.6. The van der Waals surface area contributed by atoms with E-state index in [0.29, 0.717) is 0 Å². The minimum absolute atomic E-state index is 0.904. The van der Waals surface area contributed by atoms with Crippen LogP contribution in [-0.4, -0.2) is 10.7 Å². The molecule has 0 unspecified atom stereocenters. The summed E-state index contributed by atoms with van der Waals surface area (Å²) in [5, 5.41) is 2.87. The van der Waals surface area contributed by atoms with Gasteiger partial charge >= 0.3 is 172 Å². The molecule has 0 aliphatic heterocycles. The van der Waals surface area contributed by atoms with E-state index in [0.717, 1.165) is 82.6 Å². The van der Waals surface area contributed by atoms with Gasteiger partial charge < -0.3 is 5.53 Å². The summed E-state index contributed by atoms with van der Waals surface area (Å²) in [7, 11) is 0. The van der Waals surface area contributed by atoms with Gasteiger partial charge in [0.1, 0.15) is 0 Å². The third-order valence-corrected chi connectivity index (χ3v) is 22.8. The van der Waals surface area contributed by atoms with Gasteiger partial charge in [-0.3, -0.25) is 0 Å². The van der Waals surface area contributed by atoms with E-state index in [-0.39, 0.29) is 0 Å². The first-order valence-electron chi connectivity index (χ1n) is 44.3. The molecule has 2 aromatic carbocycles. The fraction of sp³-hybridized carbons (Fsp3) is 0.830. The van der Waals surface area contributed by atoms with E-state index >= 15 is 0 Å². The van der Waals surface area contributed by atoms with Crippen LogP contribution < -0.4 is 0 Å². The number of benzene rings is 2. The molecule has 2 nitrogen and oxygen atoms in total. The Kier molecular flexibility index (Phi) is 69.1. The van der Waals surface area contributed by atoms with Crippen LogP contribution >= 0.6 is 0 Å². The van der Waals surface area contributed by atoms with Crippen LogP contribution in [0.25, 0.3) is 11.1 Å². The van der Waals surface area contributed by atoms with E-state index in [1.807, 2.05) is 0 Å². The van der Waals surface area contributed by atoms with Crippen LogP contribution in [0.4, 0.5) is 0 Å². The van der Waals surface area contributed by atoms with Gasteiger partial charge in [0.25, 0.3) is 0 Å². The van der Waals surface area contributed by atoms with Gasteiger partial charge in [-0.1, -0.05) is 312 Å². The van der Waals surface area contributed by atoms with E-state index in [2.05, 4.69) is 119 Å². The first kappa shape index (κ1) is 92.8. The average molecular weight is 1390 g/mol. The molecule has 0 aromatic heterocycles. The smallest absolute Gasteiger partial charge is 0.0654 e. The van der Waals surface area contributed by atoms with Crippen molar-refractivity contribution in [3.05, 3.63) is 85.5 Å². The second-order valence-corrected chi connectivity index (χ2v) is 31.9. The summed E-state index contributed by atoms with van der Waals surface area (Å²) in [4.78, 5) is 3.56. The number of hydrogen-bond donors (Lipinski definition) is 0. The molecule has 0 aliphatic rings. The van der Waals surface area contributed by atoms with Gasteiger partial charge in [-0.25, -0.2) is 0 Å². The van der Waals surface area contributed by atoms with Crippen molar-refractivity contribution in [3.63, 3.8) is 0 Å². The topological polar surface area (TPSA) is 36.4 Å². The van der Waals surface area contributed by atoms with Gasteiger partial charge in [0.05, 0.1) is 5.57 Å². The van der Waals surface area contributed by atoms with Gasteiger partial charge in [-0.2, -0.15) is 0 Å². The van der Waals surface area contributed by atoms with E-state index < -0.39 is 0 Å². The molecule has 0 N–H and O–H groups in total. The fourth-order valence-electron chi connectivity index (χ4n) is 15.4. The van der Waals surface area contributed by atoms with Crippen LogP contribution in [0.15, 0.2) is 35.4 Å². The van der Waals surface area contributed by atoms with Crippen molar-refractivity contribution in [1.29, 1.82) is 0 Å². The summed E-state index contributed by atoms with van der Waals surface area (Å²) in [6.07, 6.45) is 91.4. The minimum atomic E-state index is 0.904. The molecular weight excluding hydrogens is 1220 g/mol. The SMILES string of the molecule is CCCCCCC(=C=[N+]=[N-])C(CCCCC)=C(c1cc(CC)c(CC)c(CC)c1)c1cc(CCC)c(CCC)c(CCC)c1.CCCCCCCCCCCCCCCCCCCCCCCCC[CH2][Ni][CH2]CCCCCCCCCCCCCCCCCCCCCCCCC. The molecule has 0 spiro atoms. The maximum absolute atomic E-state index is 9.91. The molecule has 0 saturated heterocycles. The maximum atomic E-state index is 9.91. The van der Waals surface area contributed by atoms with Crippen LogP contribution in [-0.2, 0) is 53.0 Å². The van der Waals surface area contributed by atoms with Crippen molar-refractivity contribution in [2.45, 2.75) is 504 Å². The Labute approximate surface area is 616 Å². The minimum Gasteiger partial charge on any atom is -0.0654 e. The predicted molar refractivity (Wildman–Crippen MR) is 437 cm³/mol. The van der Waals surface area contributed by atoms with Gasteiger partial charge in [0, 0.05) is 0 Å². The van der Waals surface area contributed by atoms with Gasteiger partial charge in [-0.05, 0) is 120 Å².